The molecule has 0 atom stereocenters. The molecule has 0 amide bonds. The van der Waals surface area contributed by atoms with Crippen LogP contribution in [0.5, 0.6) is 17.2 Å². The van der Waals surface area contributed by atoms with E-state index in [4.69, 9.17) is 13.7 Å². The quantitative estimate of drug-likeness (QED) is 0.336. The SMILES string of the molecule is CC(C)(C)Oc1ccc(-c2cccc(OS(=O)(=O)CF)c2-c2ccc(OC(C)(C)C)cc2)cc1. The molecule has 0 radical (unpaired) electrons. The van der Waals surface area contributed by atoms with E-state index in [1.807, 2.05) is 96.1 Å². The molecular formula is C27H31FO5S. The second kappa shape index (κ2) is 9.66. The van der Waals surface area contributed by atoms with Crippen LogP contribution >= 0.6 is 0 Å². The van der Waals surface area contributed by atoms with Gasteiger partial charge >= 0.3 is 10.1 Å². The summed E-state index contributed by atoms with van der Waals surface area (Å²) in [5.41, 5.74) is 2.10. The summed E-state index contributed by atoms with van der Waals surface area (Å²) in [5, 5.41) is 0. The molecule has 0 fully saturated rings. The van der Waals surface area contributed by atoms with Crippen molar-refractivity contribution >= 4 is 10.1 Å². The van der Waals surface area contributed by atoms with Gasteiger partial charge in [0.2, 0.25) is 6.01 Å². The third-order valence-corrected chi connectivity index (χ3v) is 5.23. The number of halogens is 1. The van der Waals surface area contributed by atoms with Gasteiger partial charge in [-0.3, -0.25) is 0 Å². The summed E-state index contributed by atoms with van der Waals surface area (Å²) in [4.78, 5) is 0. The number of hydrogen-bond acceptors (Lipinski definition) is 5. The molecule has 7 heteroatoms. The van der Waals surface area contributed by atoms with Crippen molar-refractivity contribution < 1.29 is 26.5 Å². The van der Waals surface area contributed by atoms with Crippen LogP contribution in [-0.4, -0.2) is 25.6 Å². The third kappa shape index (κ3) is 6.97. The molecular weight excluding hydrogens is 455 g/mol. The Labute approximate surface area is 201 Å². The van der Waals surface area contributed by atoms with Gasteiger partial charge in [-0.15, -0.1) is 0 Å². The maximum atomic E-state index is 13.1. The first-order valence-corrected chi connectivity index (χ1v) is 12.5. The van der Waals surface area contributed by atoms with Gasteiger partial charge in [-0.2, -0.15) is 8.42 Å². The lowest BCUT2D eigenvalue weighted by molar-refractivity contribution is 0.130. The van der Waals surface area contributed by atoms with Crippen molar-refractivity contribution in [1.82, 2.24) is 0 Å². The predicted octanol–water partition coefficient (Wildman–Crippen LogP) is 7.01. The van der Waals surface area contributed by atoms with Gasteiger partial charge in [-0.05, 0) is 88.6 Å². The fourth-order valence-electron chi connectivity index (χ4n) is 3.40. The minimum atomic E-state index is -4.37. The van der Waals surface area contributed by atoms with Gasteiger partial charge in [0.15, 0.2) is 5.75 Å². The molecule has 0 heterocycles. The van der Waals surface area contributed by atoms with Crippen LogP contribution in [0.3, 0.4) is 0 Å². The predicted molar refractivity (Wildman–Crippen MR) is 134 cm³/mol. The van der Waals surface area contributed by atoms with E-state index in [9.17, 15) is 12.8 Å². The molecule has 3 aromatic rings. The summed E-state index contributed by atoms with van der Waals surface area (Å²) in [6.07, 6.45) is 0. The molecule has 34 heavy (non-hydrogen) atoms. The van der Waals surface area contributed by atoms with Crippen LogP contribution in [-0.2, 0) is 10.1 Å². The van der Waals surface area contributed by atoms with E-state index in [0.717, 1.165) is 11.1 Å². The summed E-state index contributed by atoms with van der Waals surface area (Å²) in [7, 11) is -4.37. The van der Waals surface area contributed by atoms with Crippen LogP contribution in [0.1, 0.15) is 41.5 Å². The van der Waals surface area contributed by atoms with Crippen LogP contribution in [0.4, 0.5) is 4.39 Å². The lowest BCUT2D eigenvalue weighted by Gasteiger charge is -2.22. The lowest BCUT2D eigenvalue weighted by atomic mass is 9.93. The summed E-state index contributed by atoms with van der Waals surface area (Å²) in [5.74, 6) is 1.44. The molecule has 5 nitrogen and oxygen atoms in total. The van der Waals surface area contributed by atoms with Gasteiger partial charge in [-0.1, -0.05) is 36.4 Å². The fraction of sp³-hybridized carbons (Fsp3) is 0.333. The molecule has 3 rings (SSSR count). The highest BCUT2D eigenvalue weighted by atomic mass is 32.2. The zero-order chi connectivity index (χ0) is 25.1. The molecule has 182 valence electrons. The molecule has 0 aromatic heterocycles. The number of alkyl halides is 1. The smallest absolute Gasteiger partial charge is 0.339 e. The first kappa shape index (κ1) is 25.6. The highest BCUT2D eigenvalue weighted by Crippen LogP contribution is 2.41. The highest BCUT2D eigenvalue weighted by molar-refractivity contribution is 7.86. The van der Waals surface area contributed by atoms with Crippen LogP contribution < -0.4 is 13.7 Å². The minimum Gasteiger partial charge on any atom is -0.488 e. The third-order valence-electron chi connectivity index (χ3n) is 4.53. The van der Waals surface area contributed by atoms with E-state index in [1.165, 1.54) is 6.07 Å². The van der Waals surface area contributed by atoms with Crippen LogP contribution in [0.2, 0.25) is 0 Å². The molecule has 0 bridgehead atoms. The largest absolute Gasteiger partial charge is 0.488 e. The number of ether oxygens (including phenoxy) is 2. The second-order valence-electron chi connectivity index (χ2n) is 9.91. The summed E-state index contributed by atoms with van der Waals surface area (Å²) < 4.78 is 53.9. The maximum absolute atomic E-state index is 13.1. The van der Waals surface area contributed by atoms with E-state index in [1.54, 1.807) is 6.07 Å². The van der Waals surface area contributed by atoms with Crippen molar-refractivity contribution in [3.05, 3.63) is 66.7 Å². The number of rotatable bonds is 7. The molecule has 0 aliphatic rings. The second-order valence-corrected chi connectivity index (χ2v) is 11.4. The van der Waals surface area contributed by atoms with Gasteiger partial charge < -0.3 is 13.7 Å². The molecule has 0 unspecified atom stereocenters. The maximum Gasteiger partial charge on any atom is 0.339 e. The Bertz CT molecular complexity index is 1220. The van der Waals surface area contributed by atoms with E-state index >= 15 is 0 Å². The molecule has 0 spiro atoms. The van der Waals surface area contributed by atoms with Crippen molar-refractivity contribution in [2.24, 2.45) is 0 Å². The van der Waals surface area contributed by atoms with E-state index in [2.05, 4.69) is 0 Å². The number of hydrogen-bond donors (Lipinski definition) is 0. The molecule has 0 saturated carbocycles. The number of benzene rings is 3. The molecule has 0 aliphatic carbocycles. The van der Waals surface area contributed by atoms with Crippen LogP contribution in [0.25, 0.3) is 22.3 Å². The van der Waals surface area contributed by atoms with E-state index in [0.29, 0.717) is 22.6 Å². The average molecular weight is 487 g/mol. The van der Waals surface area contributed by atoms with Crippen molar-refractivity contribution in [3.8, 4) is 39.5 Å². The first-order valence-electron chi connectivity index (χ1n) is 11.0. The zero-order valence-corrected chi connectivity index (χ0v) is 21.2. The first-order chi connectivity index (χ1) is 15.8. The van der Waals surface area contributed by atoms with Gasteiger partial charge in [0.05, 0.1) is 0 Å². The normalized spacial score (nSPS) is 12.3. The summed E-state index contributed by atoms with van der Waals surface area (Å²) >= 11 is 0. The Morgan fingerprint density at radius 3 is 1.62 bits per heavy atom. The van der Waals surface area contributed by atoms with Gasteiger partial charge in [0.1, 0.15) is 22.7 Å². The fourth-order valence-corrected chi connectivity index (χ4v) is 3.85. The Morgan fingerprint density at radius 1 is 0.706 bits per heavy atom. The van der Waals surface area contributed by atoms with Crippen LogP contribution in [0.15, 0.2) is 66.7 Å². The van der Waals surface area contributed by atoms with E-state index < -0.39 is 16.1 Å². The summed E-state index contributed by atoms with van der Waals surface area (Å²) in [6.45, 7) is 11.8. The van der Waals surface area contributed by atoms with Crippen molar-refractivity contribution in [2.45, 2.75) is 52.7 Å². The molecule has 0 aliphatic heterocycles. The Balaban J connectivity index is 2.10. The van der Waals surface area contributed by atoms with Gasteiger partial charge in [0, 0.05) is 5.56 Å². The van der Waals surface area contributed by atoms with E-state index in [-0.39, 0.29) is 17.0 Å². The Hall–Kier alpha value is -3.06. The Morgan fingerprint density at radius 2 is 1.18 bits per heavy atom. The molecule has 3 aromatic carbocycles. The molecule has 0 saturated heterocycles. The Kier molecular flexibility index (Phi) is 7.26. The zero-order valence-electron chi connectivity index (χ0n) is 20.4. The average Bonchev–Trinajstić information content (AvgIpc) is 2.72. The minimum absolute atomic E-state index is 0.0506. The van der Waals surface area contributed by atoms with Gasteiger partial charge in [-0.25, -0.2) is 4.39 Å². The monoisotopic (exact) mass is 486 g/mol. The van der Waals surface area contributed by atoms with Crippen LogP contribution in [0, 0.1) is 0 Å². The van der Waals surface area contributed by atoms with Gasteiger partial charge in [0.25, 0.3) is 0 Å². The summed E-state index contributed by atoms with van der Waals surface area (Å²) in [6, 6.07) is 18.2. The van der Waals surface area contributed by atoms with Crippen molar-refractivity contribution in [2.75, 3.05) is 6.01 Å². The van der Waals surface area contributed by atoms with Crippen molar-refractivity contribution in [1.29, 1.82) is 0 Å². The lowest BCUT2D eigenvalue weighted by Crippen LogP contribution is -2.22. The standard InChI is InChI=1S/C27H31FO5S/c1-26(2,3)31-21-14-10-19(11-15-21)23-8-7-9-24(33-34(29,30)18-28)25(23)20-12-16-22(17-13-20)32-27(4,5)6/h7-17H,18H2,1-6H3. The topological polar surface area (TPSA) is 61.8 Å². The highest BCUT2D eigenvalue weighted by Gasteiger charge is 2.20. The van der Waals surface area contributed by atoms with Crippen molar-refractivity contribution in [3.63, 3.8) is 0 Å². The molecule has 0 N–H and O–H groups in total.